The molecule has 1 amide bonds. The molecule has 0 radical (unpaired) electrons. The van der Waals surface area contributed by atoms with Crippen LogP contribution in [0.2, 0.25) is 0 Å². The van der Waals surface area contributed by atoms with Crippen LogP contribution in [0.5, 0.6) is 0 Å². The molecule has 0 aliphatic carbocycles. The quantitative estimate of drug-likeness (QED) is 0.507. The standard InChI is InChI=1S/C20H19N3O2S/c21-19(18-7-4-12-26-18)23-17-10-8-15(9-11-17)13-22-20(24)25-14-16-5-2-1-3-6-16/h1-12H,13-14H2,(H2,21,23)(H,22,24). The molecule has 132 valence electrons. The Kier molecular flexibility index (Phi) is 6.01. The number of ether oxygens (including phenoxy) is 1. The zero-order chi connectivity index (χ0) is 18.2. The summed E-state index contributed by atoms with van der Waals surface area (Å²) in [5, 5.41) is 4.69. The summed E-state index contributed by atoms with van der Waals surface area (Å²) < 4.78 is 5.18. The molecule has 3 rings (SSSR count). The van der Waals surface area contributed by atoms with Gasteiger partial charge in [-0.05, 0) is 34.7 Å². The number of nitrogens with two attached hydrogens (primary N) is 1. The molecule has 0 saturated carbocycles. The molecule has 26 heavy (non-hydrogen) atoms. The van der Waals surface area contributed by atoms with Gasteiger partial charge in [0.25, 0.3) is 0 Å². The lowest BCUT2D eigenvalue weighted by Crippen LogP contribution is -2.23. The second kappa shape index (κ2) is 8.82. The third-order valence-electron chi connectivity index (χ3n) is 3.61. The van der Waals surface area contributed by atoms with Gasteiger partial charge in [-0.15, -0.1) is 11.3 Å². The molecule has 0 aliphatic rings. The second-order valence-electron chi connectivity index (χ2n) is 5.56. The molecule has 0 aliphatic heterocycles. The lowest BCUT2D eigenvalue weighted by Gasteiger charge is -2.07. The van der Waals surface area contributed by atoms with E-state index in [1.54, 1.807) is 11.3 Å². The summed E-state index contributed by atoms with van der Waals surface area (Å²) in [6.07, 6.45) is -0.446. The normalized spacial score (nSPS) is 11.2. The van der Waals surface area contributed by atoms with Crippen LogP contribution in [0.4, 0.5) is 10.5 Å². The minimum Gasteiger partial charge on any atom is -0.445 e. The molecule has 0 unspecified atom stereocenters. The minimum absolute atomic E-state index is 0.252. The molecule has 5 nitrogen and oxygen atoms in total. The summed E-state index contributed by atoms with van der Waals surface area (Å²) in [4.78, 5) is 17.1. The van der Waals surface area contributed by atoms with Crippen LogP contribution in [0.1, 0.15) is 16.0 Å². The van der Waals surface area contributed by atoms with E-state index in [4.69, 9.17) is 10.5 Å². The topological polar surface area (TPSA) is 76.7 Å². The van der Waals surface area contributed by atoms with E-state index < -0.39 is 6.09 Å². The molecular formula is C20H19N3O2S. The Morgan fingerprint density at radius 2 is 1.77 bits per heavy atom. The maximum absolute atomic E-state index is 11.8. The summed E-state index contributed by atoms with van der Waals surface area (Å²) in [5.41, 5.74) is 8.65. The van der Waals surface area contributed by atoms with Crippen molar-refractivity contribution in [1.29, 1.82) is 0 Å². The van der Waals surface area contributed by atoms with Gasteiger partial charge in [0.2, 0.25) is 0 Å². The number of benzene rings is 2. The van der Waals surface area contributed by atoms with Crippen LogP contribution in [0.25, 0.3) is 0 Å². The predicted octanol–water partition coefficient (Wildman–Crippen LogP) is 4.21. The first-order valence-electron chi connectivity index (χ1n) is 8.12. The third-order valence-corrected chi connectivity index (χ3v) is 4.50. The lowest BCUT2D eigenvalue weighted by molar-refractivity contribution is 0.139. The fraction of sp³-hybridized carbons (Fsp3) is 0.100. The van der Waals surface area contributed by atoms with Crippen LogP contribution in [-0.4, -0.2) is 11.9 Å². The van der Waals surface area contributed by atoms with Crippen molar-refractivity contribution in [3.05, 3.63) is 88.1 Å². The minimum atomic E-state index is -0.446. The number of aliphatic imine (C=N–C) groups is 1. The summed E-state index contributed by atoms with van der Waals surface area (Å²) in [6, 6.07) is 21.0. The van der Waals surface area contributed by atoms with E-state index in [0.29, 0.717) is 12.4 Å². The van der Waals surface area contributed by atoms with Gasteiger partial charge in [-0.2, -0.15) is 0 Å². The van der Waals surface area contributed by atoms with Gasteiger partial charge >= 0.3 is 6.09 Å². The Morgan fingerprint density at radius 3 is 2.46 bits per heavy atom. The van der Waals surface area contributed by atoms with E-state index in [0.717, 1.165) is 21.7 Å². The van der Waals surface area contributed by atoms with Gasteiger partial charge in [0.05, 0.1) is 10.6 Å². The van der Waals surface area contributed by atoms with E-state index in [1.165, 1.54) is 0 Å². The highest BCUT2D eigenvalue weighted by atomic mass is 32.1. The number of carbonyl (C=O) groups is 1. The van der Waals surface area contributed by atoms with Gasteiger partial charge in [0, 0.05) is 6.54 Å². The highest BCUT2D eigenvalue weighted by Gasteiger charge is 2.03. The smallest absolute Gasteiger partial charge is 0.407 e. The van der Waals surface area contributed by atoms with Crippen molar-refractivity contribution in [1.82, 2.24) is 5.32 Å². The zero-order valence-electron chi connectivity index (χ0n) is 14.1. The first-order valence-corrected chi connectivity index (χ1v) is 9.00. The van der Waals surface area contributed by atoms with E-state index in [9.17, 15) is 4.79 Å². The molecule has 3 aromatic rings. The van der Waals surface area contributed by atoms with Gasteiger partial charge in [-0.3, -0.25) is 0 Å². The Labute approximate surface area is 156 Å². The molecule has 6 heteroatoms. The van der Waals surface area contributed by atoms with E-state index in [-0.39, 0.29) is 6.61 Å². The maximum Gasteiger partial charge on any atom is 0.407 e. The number of carbonyl (C=O) groups excluding carboxylic acids is 1. The summed E-state index contributed by atoms with van der Waals surface area (Å²) in [7, 11) is 0. The fourth-order valence-corrected chi connectivity index (χ4v) is 2.88. The molecule has 0 saturated heterocycles. The zero-order valence-corrected chi connectivity index (χ0v) is 14.9. The van der Waals surface area contributed by atoms with Crippen molar-refractivity contribution in [3.63, 3.8) is 0 Å². The Morgan fingerprint density at radius 1 is 1.00 bits per heavy atom. The van der Waals surface area contributed by atoms with Gasteiger partial charge < -0.3 is 15.8 Å². The second-order valence-corrected chi connectivity index (χ2v) is 6.50. The van der Waals surface area contributed by atoms with Crippen LogP contribution >= 0.6 is 11.3 Å². The Hall–Kier alpha value is -3.12. The fourth-order valence-electron chi connectivity index (χ4n) is 2.26. The average Bonchev–Trinajstić information content (AvgIpc) is 3.22. The first kappa shape index (κ1) is 17.7. The van der Waals surface area contributed by atoms with Gasteiger partial charge in [0.1, 0.15) is 12.4 Å². The first-order chi connectivity index (χ1) is 12.7. The van der Waals surface area contributed by atoms with Crippen LogP contribution in [0.3, 0.4) is 0 Å². The van der Waals surface area contributed by atoms with Gasteiger partial charge in [0.15, 0.2) is 0 Å². The van der Waals surface area contributed by atoms with Gasteiger partial charge in [-0.1, -0.05) is 48.5 Å². The predicted molar refractivity (Wildman–Crippen MR) is 105 cm³/mol. The number of alkyl carbamates (subject to hydrolysis) is 1. The van der Waals surface area contributed by atoms with Crippen molar-refractivity contribution in [2.45, 2.75) is 13.2 Å². The highest BCUT2D eigenvalue weighted by molar-refractivity contribution is 7.12. The summed E-state index contributed by atoms with van der Waals surface area (Å²) >= 11 is 1.55. The molecule has 2 aromatic carbocycles. The number of amides is 1. The van der Waals surface area contributed by atoms with E-state index in [1.807, 2.05) is 72.1 Å². The number of rotatable bonds is 6. The SMILES string of the molecule is NC(=Nc1ccc(CNC(=O)OCc2ccccc2)cc1)c1cccs1. The van der Waals surface area contributed by atoms with Crippen molar-refractivity contribution in [2.75, 3.05) is 0 Å². The Bertz CT molecular complexity index is 860. The third kappa shape index (κ3) is 5.19. The van der Waals surface area contributed by atoms with Crippen LogP contribution in [-0.2, 0) is 17.9 Å². The lowest BCUT2D eigenvalue weighted by atomic mass is 10.2. The number of hydrogen-bond acceptors (Lipinski definition) is 4. The molecule has 0 bridgehead atoms. The molecule has 0 atom stereocenters. The number of thiophene rings is 1. The molecule has 1 aromatic heterocycles. The van der Waals surface area contributed by atoms with Crippen molar-refractivity contribution in [3.8, 4) is 0 Å². The van der Waals surface area contributed by atoms with Gasteiger partial charge in [-0.25, -0.2) is 9.79 Å². The van der Waals surface area contributed by atoms with Crippen LogP contribution in [0, 0.1) is 0 Å². The van der Waals surface area contributed by atoms with E-state index in [2.05, 4.69) is 10.3 Å². The summed E-state index contributed by atoms with van der Waals surface area (Å²) in [5.74, 6) is 0.496. The summed E-state index contributed by atoms with van der Waals surface area (Å²) in [6.45, 7) is 0.639. The average molecular weight is 365 g/mol. The largest absolute Gasteiger partial charge is 0.445 e. The molecule has 0 fully saturated rings. The number of hydrogen-bond donors (Lipinski definition) is 2. The number of nitrogens with one attached hydrogen (secondary N) is 1. The maximum atomic E-state index is 11.8. The molecule has 3 N–H and O–H groups in total. The van der Waals surface area contributed by atoms with Crippen molar-refractivity contribution >= 4 is 29.0 Å². The Balaban J connectivity index is 1.48. The molecule has 1 heterocycles. The van der Waals surface area contributed by atoms with Crippen molar-refractivity contribution < 1.29 is 9.53 Å². The molecule has 0 spiro atoms. The highest BCUT2D eigenvalue weighted by Crippen LogP contribution is 2.16. The van der Waals surface area contributed by atoms with Crippen LogP contribution < -0.4 is 11.1 Å². The monoisotopic (exact) mass is 365 g/mol. The van der Waals surface area contributed by atoms with E-state index >= 15 is 0 Å². The van der Waals surface area contributed by atoms with Crippen molar-refractivity contribution in [2.24, 2.45) is 10.7 Å². The number of amidine groups is 1. The van der Waals surface area contributed by atoms with Crippen LogP contribution in [0.15, 0.2) is 77.1 Å². The molecular weight excluding hydrogens is 346 g/mol. The number of nitrogens with zero attached hydrogens (tertiary/aromatic N) is 1.